The number of ether oxygens (including phenoxy) is 10. The van der Waals surface area contributed by atoms with E-state index in [9.17, 15) is 0 Å². The lowest BCUT2D eigenvalue weighted by Crippen LogP contribution is -2.52. The number of hydrogen-bond acceptors (Lipinski definition) is 15. The van der Waals surface area contributed by atoms with Gasteiger partial charge in [-0.05, 0) is 18.4 Å². The highest BCUT2D eigenvalue weighted by atomic mass is 35.5. The predicted octanol–water partition coefficient (Wildman–Crippen LogP) is 4.33. The van der Waals surface area contributed by atoms with Crippen molar-refractivity contribution in [3.63, 3.8) is 0 Å². The summed E-state index contributed by atoms with van der Waals surface area (Å²) in [6.45, 7) is 11.5. The highest BCUT2D eigenvalue weighted by Crippen LogP contribution is 2.21. The van der Waals surface area contributed by atoms with Gasteiger partial charge in [0.05, 0.1) is 152 Å². The second-order valence-electron chi connectivity index (χ2n) is 13.5. The van der Waals surface area contributed by atoms with Crippen LogP contribution >= 0.6 is 12.4 Å². The molecule has 0 amide bonds. The van der Waals surface area contributed by atoms with Crippen LogP contribution < -0.4 is 5.32 Å². The van der Waals surface area contributed by atoms with Gasteiger partial charge >= 0.3 is 0 Å². The van der Waals surface area contributed by atoms with Crippen LogP contribution in [0.1, 0.15) is 83.1 Å². The molecule has 0 saturated heterocycles. The van der Waals surface area contributed by atoms with Crippen molar-refractivity contribution in [1.29, 1.82) is 0 Å². The Labute approximate surface area is 362 Å². The zero-order chi connectivity index (χ0) is 42.1. The van der Waals surface area contributed by atoms with Gasteiger partial charge in [-0.1, -0.05) is 95.0 Å². The molecule has 5 N–H and O–H groups in total. The van der Waals surface area contributed by atoms with E-state index in [4.69, 9.17) is 67.8 Å². The maximum absolute atomic E-state index is 8.93. The maximum Gasteiger partial charge on any atom is 0.143 e. The third-order valence-electron chi connectivity index (χ3n) is 8.51. The second kappa shape index (κ2) is 51.3. The summed E-state index contributed by atoms with van der Waals surface area (Å²) in [5.41, 5.74) is 0.557. The smallest absolute Gasteiger partial charge is 0.143 e. The Morgan fingerprint density at radius 3 is 1.15 bits per heavy atom. The van der Waals surface area contributed by atoms with E-state index in [-0.39, 0.29) is 38.8 Å². The average molecular weight is 875 g/mol. The van der Waals surface area contributed by atoms with E-state index in [0.29, 0.717) is 132 Å². The molecule has 0 spiro atoms. The van der Waals surface area contributed by atoms with Crippen LogP contribution in [0.25, 0.3) is 0 Å². The van der Waals surface area contributed by atoms with Crippen molar-refractivity contribution in [2.45, 2.75) is 89.8 Å². The van der Waals surface area contributed by atoms with Crippen molar-refractivity contribution < 1.29 is 67.8 Å². The van der Waals surface area contributed by atoms with Crippen LogP contribution in [-0.2, 0) is 53.9 Å². The number of aliphatic hydroxyl groups is 4. The van der Waals surface area contributed by atoms with E-state index in [2.05, 4.69) is 24.4 Å². The van der Waals surface area contributed by atoms with Gasteiger partial charge < -0.3 is 67.8 Å². The Balaban J connectivity index is 0. The Kier molecular flexibility index (Phi) is 52.1. The lowest BCUT2D eigenvalue weighted by atomic mass is 10.0. The lowest BCUT2D eigenvalue weighted by molar-refractivity contribution is -0.140. The molecular formula is C43H84ClNO14. The van der Waals surface area contributed by atoms with Gasteiger partial charge in [-0.25, -0.2) is 0 Å². The normalized spacial score (nSPS) is 12.2. The van der Waals surface area contributed by atoms with Crippen LogP contribution in [0.5, 0.6) is 0 Å². The molecule has 0 saturated carbocycles. The van der Waals surface area contributed by atoms with Crippen LogP contribution in [0.4, 0.5) is 0 Å². The van der Waals surface area contributed by atoms with Gasteiger partial charge in [0, 0.05) is 6.54 Å². The van der Waals surface area contributed by atoms with Gasteiger partial charge in [0.1, 0.15) is 5.72 Å². The van der Waals surface area contributed by atoms with Crippen molar-refractivity contribution in [3.8, 4) is 0 Å². The fraction of sp³-hybridized carbons (Fsp3) is 0.860. The first-order chi connectivity index (χ1) is 28.7. The molecule has 0 aromatic heterocycles. The van der Waals surface area contributed by atoms with Gasteiger partial charge in [-0.15, -0.1) is 12.4 Å². The average Bonchev–Trinajstić information content (AvgIpc) is 3.25. The molecule has 0 aliphatic carbocycles. The maximum atomic E-state index is 8.93. The number of unbranched alkanes of at least 4 members (excludes halogenated alkanes) is 9. The molecule has 0 radical (unpaired) electrons. The van der Waals surface area contributed by atoms with Crippen molar-refractivity contribution >= 4 is 12.4 Å². The van der Waals surface area contributed by atoms with Crippen LogP contribution in [0, 0.1) is 0 Å². The highest BCUT2D eigenvalue weighted by molar-refractivity contribution is 5.85. The summed E-state index contributed by atoms with van der Waals surface area (Å²) in [5.74, 6) is 0. The fourth-order valence-corrected chi connectivity index (χ4v) is 5.45. The summed E-state index contributed by atoms with van der Waals surface area (Å²) in [6, 6.07) is 10.3. The van der Waals surface area contributed by atoms with E-state index in [1.54, 1.807) is 0 Å². The fourth-order valence-electron chi connectivity index (χ4n) is 5.45. The Bertz CT molecular complexity index is 885. The van der Waals surface area contributed by atoms with E-state index in [1.165, 1.54) is 63.4 Å². The zero-order valence-corrected chi connectivity index (χ0v) is 37.2. The van der Waals surface area contributed by atoms with E-state index in [1.807, 2.05) is 18.2 Å². The summed E-state index contributed by atoms with van der Waals surface area (Å²) in [6.07, 6.45) is 13.7. The first kappa shape index (κ1) is 60.0. The first-order valence-corrected chi connectivity index (χ1v) is 21.7. The summed E-state index contributed by atoms with van der Waals surface area (Å²) in [4.78, 5) is 0. The summed E-state index contributed by atoms with van der Waals surface area (Å²) >= 11 is 0. The minimum absolute atomic E-state index is 0. The summed E-state index contributed by atoms with van der Waals surface area (Å²) < 4.78 is 54.6. The number of aliphatic hydroxyl groups excluding tert-OH is 4. The Morgan fingerprint density at radius 1 is 0.424 bits per heavy atom. The second-order valence-corrected chi connectivity index (χ2v) is 13.5. The molecule has 0 fully saturated rings. The van der Waals surface area contributed by atoms with Crippen LogP contribution in [-0.4, -0.2) is 178 Å². The molecule has 1 aromatic rings. The third kappa shape index (κ3) is 44.8. The molecule has 16 heteroatoms. The molecule has 1 atom stereocenters. The summed E-state index contributed by atoms with van der Waals surface area (Å²) in [7, 11) is 0. The molecule has 0 aliphatic heterocycles. The van der Waals surface area contributed by atoms with Gasteiger partial charge in [0.25, 0.3) is 0 Å². The molecule has 0 aliphatic rings. The minimum Gasteiger partial charge on any atom is -0.394 e. The Morgan fingerprint density at radius 2 is 0.763 bits per heavy atom. The zero-order valence-electron chi connectivity index (χ0n) is 36.4. The minimum atomic E-state index is -0.635. The quantitative estimate of drug-likeness (QED) is 0.0461. The van der Waals surface area contributed by atoms with Gasteiger partial charge in [-0.2, -0.15) is 0 Å². The van der Waals surface area contributed by atoms with Crippen molar-refractivity contribution in [2.75, 3.05) is 152 Å². The molecule has 0 heterocycles. The molecule has 0 bridgehead atoms. The number of halogens is 1. The van der Waals surface area contributed by atoms with Gasteiger partial charge in [0.2, 0.25) is 0 Å². The lowest BCUT2D eigenvalue weighted by Gasteiger charge is -2.35. The SMILES string of the molecule is CCCCCCCCCCCCC(COCCOCCO)(NCc1ccccc1)OCCOCCOCCO.Cl.OCCOCCOCCOCCOCCOCCO. The standard InChI is InChI=1S/C31H57NO7.C12H26O7.ClH/c1-2-3-4-5-6-7-8-9-10-14-17-31(29-38-25-24-36-21-19-34,32-28-30-15-12-11-13-16-30)39-27-26-37-23-22-35-20-18-33;13-1-3-15-5-7-17-9-11-19-12-10-18-8-6-16-4-2-14;/h11-13,15-16,32-34H,2-10,14,17-29H2,1H3;13-14H,1-12H2;1H. The molecular weight excluding hydrogens is 790 g/mol. The molecule has 1 unspecified atom stereocenters. The van der Waals surface area contributed by atoms with E-state index in [0.717, 1.165) is 12.8 Å². The van der Waals surface area contributed by atoms with Crippen molar-refractivity contribution in [1.82, 2.24) is 5.32 Å². The highest BCUT2D eigenvalue weighted by Gasteiger charge is 2.30. The molecule has 1 aromatic carbocycles. The van der Waals surface area contributed by atoms with E-state index >= 15 is 0 Å². The number of hydrogen-bond donors (Lipinski definition) is 5. The summed E-state index contributed by atoms with van der Waals surface area (Å²) in [5, 5.41) is 38.3. The molecule has 352 valence electrons. The molecule has 59 heavy (non-hydrogen) atoms. The topological polar surface area (TPSA) is 185 Å². The van der Waals surface area contributed by atoms with Crippen LogP contribution in [0.3, 0.4) is 0 Å². The first-order valence-electron chi connectivity index (χ1n) is 21.7. The number of rotatable bonds is 46. The van der Waals surface area contributed by atoms with E-state index < -0.39 is 5.72 Å². The van der Waals surface area contributed by atoms with Gasteiger partial charge in [0.15, 0.2) is 0 Å². The number of nitrogens with one attached hydrogen (secondary N) is 1. The Hall–Kier alpha value is -1.09. The molecule has 15 nitrogen and oxygen atoms in total. The van der Waals surface area contributed by atoms with Crippen molar-refractivity contribution in [2.24, 2.45) is 0 Å². The number of benzene rings is 1. The molecule has 1 rings (SSSR count). The third-order valence-corrected chi connectivity index (χ3v) is 8.51. The van der Waals surface area contributed by atoms with Crippen molar-refractivity contribution in [3.05, 3.63) is 35.9 Å². The largest absolute Gasteiger partial charge is 0.394 e. The van der Waals surface area contributed by atoms with Crippen LogP contribution in [0.2, 0.25) is 0 Å². The van der Waals surface area contributed by atoms with Gasteiger partial charge in [-0.3, -0.25) is 5.32 Å². The monoisotopic (exact) mass is 874 g/mol. The predicted molar refractivity (Wildman–Crippen MR) is 231 cm³/mol. The van der Waals surface area contributed by atoms with Crippen LogP contribution in [0.15, 0.2) is 30.3 Å².